The van der Waals surface area contributed by atoms with Gasteiger partial charge in [-0.05, 0) is 43.2 Å². The largest absolute Gasteiger partial charge is 0.338 e. The molecule has 2 aromatic rings. The van der Waals surface area contributed by atoms with E-state index < -0.39 is 0 Å². The summed E-state index contributed by atoms with van der Waals surface area (Å²) in [7, 11) is 1.97. The van der Waals surface area contributed by atoms with Crippen molar-refractivity contribution in [1.29, 1.82) is 0 Å². The van der Waals surface area contributed by atoms with Crippen molar-refractivity contribution in [2.75, 3.05) is 7.05 Å². The lowest BCUT2D eigenvalue weighted by molar-refractivity contribution is 0.0686. The molecule has 1 aromatic heterocycles. The predicted octanol–water partition coefficient (Wildman–Crippen LogP) is 3.68. The van der Waals surface area contributed by atoms with Crippen molar-refractivity contribution in [3.8, 4) is 0 Å². The lowest BCUT2D eigenvalue weighted by Crippen LogP contribution is -2.48. The minimum absolute atomic E-state index is 0. The fourth-order valence-electron chi connectivity index (χ4n) is 3.77. The third-order valence-electron chi connectivity index (χ3n) is 4.95. The van der Waals surface area contributed by atoms with Gasteiger partial charge in [-0.15, -0.1) is 23.7 Å². The first kappa shape index (κ1) is 15.8. The quantitative estimate of drug-likeness (QED) is 0.907. The minimum atomic E-state index is 0. The Hall–Kier alpha value is -1.10. The molecule has 5 heteroatoms. The molecule has 3 nitrogen and oxygen atoms in total. The number of carbonyl (C=O) groups is 1. The molecule has 4 rings (SSSR count). The van der Waals surface area contributed by atoms with Crippen LogP contribution in [0.5, 0.6) is 0 Å². The number of fused-ring (bicyclic) bond motifs is 3. The summed E-state index contributed by atoms with van der Waals surface area (Å²) in [5.41, 5.74) is 0. The van der Waals surface area contributed by atoms with Gasteiger partial charge in [0.2, 0.25) is 0 Å². The van der Waals surface area contributed by atoms with Gasteiger partial charge in [0.15, 0.2) is 0 Å². The van der Waals surface area contributed by atoms with Crippen LogP contribution in [0.3, 0.4) is 0 Å². The van der Waals surface area contributed by atoms with Gasteiger partial charge in [-0.1, -0.05) is 18.2 Å². The number of amides is 1. The number of thiophene rings is 1. The molecule has 1 amide bonds. The number of piperidine rings is 1. The van der Waals surface area contributed by atoms with Gasteiger partial charge in [-0.3, -0.25) is 4.79 Å². The zero-order valence-electron chi connectivity index (χ0n) is 12.6. The van der Waals surface area contributed by atoms with Crippen LogP contribution >= 0.6 is 23.7 Å². The molecule has 2 bridgehead atoms. The van der Waals surface area contributed by atoms with Crippen molar-refractivity contribution < 1.29 is 4.79 Å². The van der Waals surface area contributed by atoms with Crippen LogP contribution in [-0.4, -0.2) is 36.0 Å². The van der Waals surface area contributed by atoms with Gasteiger partial charge >= 0.3 is 0 Å². The summed E-state index contributed by atoms with van der Waals surface area (Å²) in [4.78, 5) is 15.6. The number of nitrogens with zero attached hydrogens (tertiary/aromatic N) is 1. The normalized spacial score (nSPS) is 26.7. The Balaban J connectivity index is 0.00000144. The Morgan fingerprint density at radius 1 is 1.23 bits per heavy atom. The molecular formula is C17H21ClN2OS. The van der Waals surface area contributed by atoms with Gasteiger partial charge in [0.1, 0.15) is 0 Å². The van der Waals surface area contributed by atoms with E-state index in [2.05, 4.69) is 17.4 Å². The molecule has 22 heavy (non-hydrogen) atoms. The average Bonchev–Trinajstić information content (AvgIpc) is 3.08. The first-order chi connectivity index (χ1) is 10.2. The molecule has 0 aliphatic carbocycles. The monoisotopic (exact) mass is 336 g/mol. The van der Waals surface area contributed by atoms with Crippen molar-refractivity contribution in [3.63, 3.8) is 0 Å². The highest BCUT2D eigenvalue weighted by Gasteiger charge is 2.36. The van der Waals surface area contributed by atoms with E-state index in [1.165, 1.54) is 22.9 Å². The molecular weight excluding hydrogens is 316 g/mol. The highest BCUT2D eigenvalue weighted by molar-refractivity contribution is 7.20. The van der Waals surface area contributed by atoms with E-state index >= 15 is 0 Å². The maximum absolute atomic E-state index is 12.8. The Bertz CT molecular complexity index is 641. The van der Waals surface area contributed by atoms with Crippen molar-refractivity contribution >= 4 is 39.7 Å². The van der Waals surface area contributed by atoms with Crippen molar-refractivity contribution in [2.45, 2.75) is 43.8 Å². The third-order valence-corrected chi connectivity index (χ3v) is 6.06. The van der Waals surface area contributed by atoms with Crippen LogP contribution in [-0.2, 0) is 0 Å². The molecule has 2 saturated heterocycles. The number of benzene rings is 1. The molecule has 2 aliphatic heterocycles. The number of halogens is 1. The van der Waals surface area contributed by atoms with Crippen molar-refractivity contribution in [2.24, 2.45) is 0 Å². The summed E-state index contributed by atoms with van der Waals surface area (Å²) in [6.45, 7) is 0. The summed E-state index contributed by atoms with van der Waals surface area (Å²) in [6.07, 6.45) is 4.74. The van der Waals surface area contributed by atoms with Gasteiger partial charge < -0.3 is 10.2 Å². The lowest BCUT2D eigenvalue weighted by Gasteiger charge is -2.35. The number of rotatable bonds is 2. The van der Waals surface area contributed by atoms with Gasteiger partial charge in [-0.25, -0.2) is 0 Å². The Labute approximate surface area is 141 Å². The Kier molecular flexibility index (Phi) is 4.44. The predicted molar refractivity (Wildman–Crippen MR) is 94.1 cm³/mol. The number of hydrogen-bond donors (Lipinski definition) is 1. The van der Waals surface area contributed by atoms with Gasteiger partial charge in [0.05, 0.1) is 4.88 Å². The minimum Gasteiger partial charge on any atom is -0.338 e. The molecule has 0 spiro atoms. The third kappa shape index (κ3) is 2.75. The highest BCUT2D eigenvalue weighted by Crippen LogP contribution is 2.31. The maximum Gasteiger partial charge on any atom is 0.263 e. The molecule has 1 aromatic carbocycles. The molecule has 118 valence electrons. The number of carbonyl (C=O) groups excluding carboxylic acids is 1. The molecule has 2 fully saturated rings. The second-order valence-corrected chi connectivity index (χ2v) is 7.41. The smallest absolute Gasteiger partial charge is 0.263 e. The van der Waals surface area contributed by atoms with Crippen LogP contribution in [0.1, 0.15) is 35.4 Å². The summed E-state index contributed by atoms with van der Waals surface area (Å²) in [5, 5.41) is 4.81. The first-order valence-corrected chi connectivity index (χ1v) is 8.54. The molecule has 3 heterocycles. The Morgan fingerprint density at radius 3 is 2.59 bits per heavy atom. The zero-order valence-corrected chi connectivity index (χ0v) is 14.3. The fraction of sp³-hybridized carbons (Fsp3) is 0.471. The average molecular weight is 337 g/mol. The van der Waals surface area contributed by atoms with E-state index in [0.29, 0.717) is 18.1 Å². The number of hydrogen-bond acceptors (Lipinski definition) is 3. The van der Waals surface area contributed by atoms with Gasteiger partial charge in [0, 0.05) is 29.9 Å². The molecule has 0 saturated carbocycles. The van der Waals surface area contributed by atoms with E-state index in [-0.39, 0.29) is 18.3 Å². The molecule has 1 N–H and O–H groups in total. The summed E-state index contributed by atoms with van der Waals surface area (Å²) in [5.74, 6) is 0.183. The topological polar surface area (TPSA) is 32.3 Å². The molecule has 2 unspecified atom stereocenters. The van der Waals surface area contributed by atoms with E-state index in [0.717, 1.165) is 17.7 Å². The molecule has 0 radical (unpaired) electrons. The lowest BCUT2D eigenvalue weighted by atomic mass is 9.98. The van der Waals surface area contributed by atoms with E-state index in [4.69, 9.17) is 0 Å². The summed E-state index contributed by atoms with van der Waals surface area (Å²) >= 11 is 1.61. The second-order valence-electron chi connectivity index (χ2n) is 6.33. The molecule has 2 aliphatic rings. The van der Waals surface area contributed by atoms with Crippen LogP contribution in [0.2, 0.25) is 0 Å². The van der Waals surface area contributed by atoms with E-state index in [1.54, 1.807) is 11.3 Å². The number of nitrogens with one attached hydrogen (secondary N) is 1. The second kappa shape index (κ2) is 6.19. The van der Waals surface area contributed by atoms with Crippen LogP contribution < -0.4 is 5.32 Å². The van der Waals surface area contributed by atoms with Crippen LogP contribution in [0.25, 0.3) is 10.1 Å². The zero-order chi connectivity index (χ0) is 14.4. The first-order valence-electron chi connectivity index (χ1n) is 7.72. The van der Waals surface area contributed by atoms with Gasteiger partial charge in [0.25, 0.3) is 5.91 Å². The highest BCUT2D eigenvalue weighted by atomic mass is 35.5. The standard InChI is InChI=1S/C17H20N2OS.ClH/c1-19(14-9-12-6-7-13(10-14)18-12)17(20)16-8-11-4-2-3-5-15(11)21-16;/h2-5,8,12-14,18H,6-7,9-10H2,1H3;1H. The fourth-order valence-corrected chi connectivity index (χ4v) is 4.82. The summed E-state index contributed by atoms with van der Waals surface area (Å²) < 4.78 is 1.19. The van der Waals surface area contributed by atoms with Crippen molar-refractivity contribution in [1.82, 2.24) is 10.2 Å². The van der Waals surface area contributed by atoms with E-state index in [1.807, 2.05) is 30.1 Å². The molecule has 2 atom stereocenters. The SMILES string of the molecule is CN(C(=O)c1cc2ccccc2s1)C1CC2CCC(C1)N2.Cl. The van der Waals surface area contributed by atoms with Crippen LogP contribution in [0.4, 0.5) is 0 Å². The van der Waals surface area contributed by atoms with Crippen LogP contribution in [0.15, 0.2) is 30.3 Å². The summed E-state index contributed by atoms with van der Waals surface area (Å²) in [6, 6.07) is 11.9. The van der Waals surface area contributed by atoms with Crippen molar-refractivity contribution in [3.05, 3.63) is 35.2 Å². The van der Waals surface area contributed by atoms with Gasteiger partial charge in [-0.2, -0.15) is 0 Å². The Morgan fingerprint density at radius 2 is 1.91 bits per heavy atom. The van der Waals surface area contributed by atoms with Crippen LogP contribution in [0, 0.1) is 0 Å². The maximum atomic E-state index is 12.8. The van der Waals surface area contributed by atoms with E-state index in [9.17, 15) is 4.79 Å².